The molecule has 0 aliphatic rings. The molecule has 0 radical (unpaired) electrons. The molecule has 8 nitrogen and oxygen atoms in total. The highest BCUT2D eigenvalue weighted by Gasteiger charge is 2.19. The van der Waals surface area contributed by atoms with Crippen LogP contribution < -0.4 is 0 Å². The molecule has 0 aliphatic carbocycles. The summed E-state index contributed by atoms with van der Waals surface area (Å²) in [4.78, 5) is 12.7. The summed E-state index contributed by atoms with van der Waals surface area (Å²) in [5.41, 5.74) is 3.69. The van der Waals surface area contributed by atoms with Crippen LogP contribution in [0.4, 0.5) is 0 Å². The van der Waals surface area contributed by atoms with Crippen LogP contribution >= 0.6 is 46.2 Å². The molecule has 0 saturated carbocycles. The maximum absolute atomic E-state index is 12.3. The number of Topliss-reactive ketones (excluding diaryl/α,β-unsaturated/α-hetero) is 1. The highest BCUT2D eigenvalue weighted by Crippen LogP contribution is 2.27. The number of carbonyl (C=O) groups excluding carboxylic acids is 1. The first-order valence-electron chi connectivity index (χ1n) is 16.1. The molecule has 6 rings (SSSR count). The predicted octanol–water partition coefficient (Wildman–Crippen LogP) is 8.39. The number of carbonyl (C=O) groups is 1. The number of benzene rings is 4. The zero-order valence-corrected chi connectivity index (χ0v) is 34.0. The number of sulfonamides is 2. The van der Waals surface area contributed by atoms with Gasteiger partial charge >= 0.3 is 0 Å². The third-order valence-electron chi connectivity index (χ3n) is 8.08. The van der Waals surface area contributed by atoms with Gasteiger partial charge in [-0.15, -0.1) is 34.4 Å². The monoisotopic (exact) mass is 812 g/mol. The van der Waals surface area contributed by atoms with Gasteiger partial charge < -0.3 is 5.11 Å². The van der Waals surface area contributed by atoms with Gasteiger partial charge in [0, 0.05) is 60.4 Å². The van der Waals surface area contributed by atoms with Gasteiger partial charge in [0.1, 0.15) is 0 Å². The zero-order chi connectivity index (χ0) is 37.5. The smallest absolute Gasteiger partial charge is 0.242 e. The zero-order valence-electron chi connectivity index (χ0n) is 29.1. The van der Waals surface area contributed by atoms with E-state index in [2.05, 4.69) is 59.3 Å². The topological polar surface area (TPSA) is 112 Å². The van der Waals surface area contributed by atoms with Gasteiger partial charge in [-0.05, 0) is 98.9 Å². The normalized spacial score (nSPS) is 12.7. The maximum Gasteiger partial charge on any atom is 0.242 e. The predicted molar refractivity (Wildman–Crippen MR) is 220 cm³/mol. The molecule has 0 saturated heterocycles. The van der Waals surface area contributed by atoms with Crippen molar-refractivity contribution in [1.29, 1.82) is 0 Å². The molecule has 0 spiro atoms. The van der Waals surface area contributed by atoms with Crippen LogP contribution in [0.3, 0.4) is 0 Å². The van der Waals surface area contributed by atoms with Crippen LogP contribution in [0.25, 0.3) is 20.2 Å². The summed E-state index contributed by atoms with van der Waals surface area (Å²) in [6.07, 6.45) is -0.624. The molecule has 0 unspecified atom stereocenters. The van der Waals surface area contributed by atoms with Crippen molar-refractivity contribution in [2.75, 3.05) is 39.7 Å². The Balaban J connectivity index is 0.000000201. The molecular weight excluding hydrogens is 773 g/mol. The number of rotatable bonds is 14. The van der Waals surface area contributed by atoms with E-state index in [1.54, 1.807) is 82.6 Å². The molecule has 274 valence electrons. The van der Waals surface area contributed by atoms with Gasteiger partial charge in [0.05, 0.1) is 21.6 Å². The first kappa shape index (κ1) is 40.1. The number of thiophene rings is 2. The average molecular weight is 813 g/mol. The second-order valence-corrected chi connectivity index (χ2v) is 20.4. The lowest BCUT2D eigenvalue weighted by Crippen LogP contribution is -2.22. The van der Waals surface area contributed by atoms with Gasteiger partial charge in [-0.1, -0.05) is 36.4 Å². The number of aliphatic hydroxyl groups is 1. The van der Waals surface area contributed by atoms with E-state index in [1.165, 1.54) is 75.9 Å². The molecule has 0 aliphatic heterocycles. The number of nitrogens with zero attached hydrogens (tertiary/aromatic N) is 2. The molecule has 52 heavy (non-hydrogen) atoms. The minimum atomic E-state index is -3.47. The van der Waals surface area contributed by atoms with Crippen molar-refractivity contribution in [3.8, 4) is 0 Å². The van der Waals surface area contributed by atoms with Crippen molar-refractivity contribution in [2.45, 2.75) is 27.4 Å². The molecule has 2 aromatic heterocycles. The van der Waals surface area contributed by atoms with E-state index in [-0.39, 0.29) is 15.6 Å². The molecule has 1 N–H and O–H groups in total. The fourth-order valence-electron chi connectivity index (χ4n) is 5.04. The van der Waals surface area contributed by atoms with Crippen molar-refractivity contribution < 1.29 is 26.7 Å². The Kier molecular flexibility index (Phi) is 13.8. The van der Waals surface area contributed by atoms with Crippen LogP contribution in [0.15, 0.2) is 118 Å². The third kappa shape index (κ3) is 10.1. The van der Waals surface area contributed by atoms with Crippen LogP contribution in [0.5, 0.6) is 0 Å². The van der Waals surface area contributed by atoms with E-state index < -0.39 is 26.2 Å². The van der Waals surface area contributed by atoms with Crippen LogP contribution in [0.2, 0.25) is 0 Å². The van der Waals surface area contributed by atoms with Crippen molar-refractivity contribution >= 4 is 92.2 Å². The van der Waals surface area contributed by atoms with E-state index in [1.807, 2.05) is 0 Å². The highest BCUT2D eigenvalue weighted by atomic mass is 32.2. The van der Waals surface area contributed by atoms with Crippen molar-refractivity contribution in [2.24, 2.45) is 0 Å². The highest BCUT2D eigenvalue weighted by molar-refractivity contribution is 7.99. The number of aliphatic hydroxyl groups excluding tert-OH is 1. The minimum absolute atomic E-state index is 0.000382. The number of hydrogen-bond acceptors (Lipinski definition) is 10. The molecule has 0 bridgehead atoms. The Labute approximate surface area is 322 Å². The van der Waals surface area contributed by atoms with Crippen LogP contribution in [-0.2, 0) is 31.6 Å². The average Bonchev–Trinajstić information content (AvgIpc) is 3.81. The Morgan fingerprint density at radius 3 is 1.60 bits per heavy atom. The first-order chi connectivity index (χ1) is 24.8. The van der Waals surface area contributed by atoms with Crippen LogP contribution in [0.1, 0.15) is 33.2 Å². The fourth-order valence-corrected chi connectivity index (χ4v) is 10.2. The van der Waals surface area contributed by atoms with E-state index in [4.69, 9.17) is 0 Å². The quantitative estimate of drug-likeness (QED) is 0.109. The van der Waals surface area contributed by atoms with Crippen LogP contribution in [-0.4, -0.2) is 76.0 Å². The minimum Gasteiger partial charge on any atom is -0.388 e. The lowest BCUT2D eigenvalue weighted by Gasteiger charge is -2.14. The fraction of sp³-hybridized carbons (Fsp3) is 0.237. The Bertz CT molecular complexity index is 2330. The molecule has 0 amide bonds. The molecular formula is C38H40N2O6S6. The summed E-state index contributed by atoms with van der Waals surface area (Å²) in [7, 11) is -0.932. The van der Waals surface area contributed by atoms with Crippen molar-refractivity contribution in [3.63, 3.8) is 0 Å². The molecule has 1 atom stereocenters. The number of fused-ring (bicyclic) bond motifs is 2. The van der Waals surface area contributed by atoms with Gasteiger partial charge in [0.2, 0.25) is 20.0 Å². The van der Waals surface area contributed by atoms with Gasteiger partial charge in [-0.2, -0.15) is 11.8 Å². The van der Waals surface area contributed by atoms with Crippen LogP contribution in [0, 0.1) is 0 Å². The summed E-state index contributed by atoms with van der Waals surface area (Å²) in [5.74, 6) is 2.52. The summed E-state index contributed by atoms with van der Waals surface area (Å²) in [6.45, 7) is 0. The Hall–Kier alpha value is -3.05. The number of thioether (sulfide) groups is 2. The third-order valence-corrected chi connectivity index (χ3v) is 15.6. The molecule has 2 heterocycles. The van der Waals surface area contributed by atoms with Gasteiger partial charge in [-0.3, -0.25) is 4.79 Å². The largest absolute Gasteiger partial charge is 0.388 e. The van der Waals surface area contributed by atoms with E-state index in [9.17, 15) is 26.7 Å². The van der Waals surface area contributed by atoms with Gasteiger partial charge in [0.15, 0.2) is 5.78 Å². The second-order valence-electron chi connectivity index (χ2n) is 12.2. The summed E-state index contributed by atoms with van der Waals surface area (Å²) < 4.78 is 53.1. The van der Waals surface area contributed by atoms with E-state index in [0.717, 1.165) is 21.4 Å². The lowest BCUT2D eigenvalue weighted by atomic mass is 10.1. The standard InChI is InChI=1S/C19H21NO3S3.C19H19NO3S3/c2*1-20(2)26(22,23)17-6-4-15(5-7-17)18(21)13-24-12-14-3-8-19-16(11-14)9-10-25-19/h3-11,18,21H,12-13H2,1-2H3;3-11H,12-13H2,1-2H3/t18-;/m1./s1. The molecule has 4 aromatic carbocycles. The summed E-state index contributed by atoms with van der Waals surface area (Å²) in [6, 6.07) is 29.6. The number of ketones is 1. The SMILES string of the molecule is CN(C)S(=O)(=O)c1ccc(C(=O)CSCc2ccc3sccc3c2)cc1.CN(C)S(=O)(=O)c1ccc([C@H](O)CSCc2ccc3sccc3c2)cc1. The lowest BCUT2D eigenvalue weighted by molar-refractivity contribution is 0.102. The second kappa shape index (κ2) is 17.9. The van der Waals surface area contributed by atoms with Crippen molar-refractivity contribution in [3.05, 3.63) is 130 Å². The van der Waals surface area contributed by atoms with Gasteiger partial charge in [-0.25, -0.2) is 25.4 Å². The Morgan fingerprint density at radius 2 is 1.12 bits per heavy atom. The van der Waals surface area contributed by atoms with Crippen molar-refractivity contribution in [1.82, 2.24) is 8.61 Å². The Morgan fingerprint density at radius 1 is 0.654 bits per heavy atom. The van der Waals surface area contributed by atoms with Gasteiger partial charge in [0.25, 0.3) is 0 Å². The summed E-state index contributed by atoms with van der Waals surface area (Å²) >= 11 is 6.68. The molecule has 6 aromatic rings. The first-order valence-corrected chi connectivity index (χ1v) is 23.0. The number of hydrogen-bond donors (Lipinski definition) is 1. The molecule has 14 heteroatoms. The van der Waals surface area contributed by atoms with E-state index in [0.29, 0.717) is 17.1 Å². The summed E-state index contributed by atoms with van der Waals surface area (Å²) in [5, 5.41) is 17.0. The van der Waals surface area contributed by atoms with E-state index >= 15 is 0 Å². The maximum atomic E-state index is 12.3. The molecule has 0 fully saturated rings.